The van der Waals surface area contributed by atoms with Crippen molar-refractivity contribution in [2.24, 2.45) is 5.92 Å². The number of carbonyl (C=O) groups excluding carboxylic acids is 1. The van der Waals surface area contributed by atoms with E-state index in [2.05, 4.69) is 10.3 Å². The van der Waals surface area contributed by atoms with Gasteiger partial charge in [0.25, 0.3) is 0 Å². The molecular formula is C29H35F3N4O3. The molecule has 1 saturated heterocycles. The van der Waals surface area contributed by atoms with Crippen LogP contribution in [0.3, 0.4) is 0 Å². The Morgan fingerprint density at radius 1 is 1.10 bits per heavy atom. The molecule has 1 fully saturated rings. The number of hydrogen-bond donors (Lipinski definition) is 2. The Bertz CT molecular complexity index is 1280. The maximum atomic E-state index is 13.8. The number of ether oxygens (including phenoxy) is 2. The first-order valence-corrected chi connectivity index (χ1v) is 13.1. The van der Waals surface area contributed by atoms with E-state index in [9.17, 15) is 18.0 Å². The number of benzene rings is 2. The molecule has 210 valence electrons. The van der Waals surface area contributed by atoms with Crippen molar-refractivity contribution in [3.63, 3.8) is 0 Å². The molecule has 0 aliphatic carbocycles. The van der Waals surface area contributed by atoms with Crippen molar-refractivity contribution in [3.8, 4) is 5.75 Å². The topological polar surface area (TPSA) is 89.7 Å². The summed E-state index contributed by atoms with van der Waals surface area (Å²) in [5.41, 5.74) is 5.21. The molecular weight excluding hydrogens is 509 g/mol. The monoisotopic (exact) mass is 544 g/mol. The van der Waals surface area contributed by atoms with Gasteiger partial charge in [-0.1, -0.05) is 30.3 Å². The Kier molecular flexibility index (Phi) is 8.42. The highest BCUT2D eigenvalue weighted by atomic mass is 19.4. The highest BCUT2D eigenvalue weighted by Gasteiger charge is 2.37. The fraction of sp³-hybridized carbons (Fsp3) is 0.448. The third kappa shape index (κ3) is 7.46. The number of likely N-dealkylation sites (tertiary alicyclic amines) is 1. The summed E-state index contributed by atoms with van der Waals surface area (Å²) >= 11 is 0. The normalized spacial score (nSPS) is 14.9. The van der Waals surface area contributed by atoms with Crippen LogP contribution < -0.4 is 15.8 Å². The second-order valence-corrected chi connectivity index (χ2v) is 10.8. The molecule has 10 heteroatoms. The number of halogens is 3. The highest BCUT2D eigenvalue weighted by Crippen LogP contribution is 2.40. The number of pyridine rings is 1. The molecule has 0 spiro atoms. The van der Waals surface area contributed by atoms with E-state index in [1.165, 1.54) is 6.07 Å². The van der Waals surface area contributed by atoms with E-state index >= 15 is 0 Å². The second-order valence-electron chi connectivity index (χ2n) is 10.8. The molecule has 3 N–H and O–H groups in total. The Balaban J connectivity index is 1.44. The van der Waals surface area contributed by atoms with Crippen LogP contribution in [0.15, 0.2) is 48.5 Å². The lowest BCUT2D eigenvalue weighted by Gasteiger charge is -2.33. The van der Waals surface area contributed by atoms with Crippen LogP contribution in [0.2, 0.25) is 0 Å². The highest BCUT2D eigenvalue weighted by molar-refractivity contribution is 5.98. The summed E-state index contributed by atoms with van der Waals surface area (Å²) in [4.78, 5) is 17.9. The molecule has 0 atom stereocenters. The maximum absolute atomic E-state index is 13.8. The predicted octanol–water partition coefficient (Wildman–Crippen LogP) is 6.86. The minimum absolute atomic E-state index is 0.148. The number of fused-ring (bicyclic) bond motifs is 1. The number of anilines is 2. The van der Waals surface area contributed by atoms with Gasteiger partial charge in [0.15, 0.2) is 5.69 Å². The summed E-state index contributed by atoms with van der Waals surface area (Å²) in [6.45, 7) is 7.39. The van der Waals surface area contributed by atoms with Gasteiger partial charge >= 0.3 is 12.3 Å². The van der Waals surface area contributed by atoms with Crippen molar-refractivity contribution >= 4 is 28.4 Å². The predicted molar refractivity (Wildman–Crippen MR) is 146 cm³/mol. The van der Waals surface area contributed by atoms with Gasteiger partial charge in [-0.05, 0) is 63.6 Å². The number of alkyl halides is 3. The fourth-order valence-electron chi connectivity index (χ4n) is 4.63. The number of carbonyl (C=O) groups is 1. The van der Waals surface area contributed by atoms with Gasteiger partial charge in [-0.25, -0.2) is 9.78 Å². The van der Waals surface area contributed by atoms with Gasteiger partial charge in [0, 0.05) is 31.1 Å². The Hall–Kier alpha value is -3.69. The standard InChI is InChI=1S/C29H35F3N4O3/c1-28(2,3)39-27(37)36-15-12-19(13-16-36)11-14-34-25-22-10-9-21(38-18-20-7-5-4-6-8-20)17-23(22)35-26(24(25)33)29(30,31)32/h4-10,17,19H,11-16,18,33H2,1-3H3,(H,34,35). The van der Waals surface area contributed by atoms with Crippen LogP contribution in [0.1, 0.15) is 51.3 Å². The summed E-state index contributed by atoms with van der Waals surface area (Å²) in [6, 6.07) is 14.4. The number of nitrogens with two attached hydrogens (primary N) is 1. The van der Waals surface area contributed by atoms with Crippen LogP contribution in [0.5, 0.6) is 5.75 Å². The first-order valence-electron chi connectivity index (χ1n) is 13.1. The summed E-state index contributed by atoms with van der Waals surface area (Å²) in [6.07, 6.45) is -2.70. The average Bonchev–Trinajstić information content (AvgIpc) is 2.88. The number of aromatic nitrogens is 1. The molecule has 2 aromatic carbocycles. The van der Waals surface area contributed by atoms with Crippen molar-refractivity contribution in [1.82, 2.24) is 9.88 Å². The lowest BCUT2D eigenvalue weighted by molar-refractivity contribution is -0.140. The van der Waals surface area contributed by atoms with Crippen LogP contribution >= 0.6 is 0 Å². The summed E-state index contributed by atoms with van der Waals surface area (Å²) < 4.78 is 52.6. The van der Waals surface area contributed by atoms with Crippen LogP contribution in [-0.2, 0) is 17.5 Å². The molecule has 1 aliphatic rings. The molecule has 0 unspecified atom stereocenters. The number of nitrogen functional groups attached to an aromatic ring is 1. The zero-order valence-corrected chi connectivity index (χ0v) is 22.5. The quantitative estimate of drug-likeness (QED) is 0.338. The Morgan fingerprint density at radius 2 is 1.79 bits per heavy atom. The van der Waals surface area contributed by atoms with Crippen molar-refractivity contribution in [1.29, 1.82) is 0 Å². The molecule has 0 saturated carbocycles. The van der Waals surface area contributed by atoms with E-state index in [0.717, 1.165) is 24.8 Å². The van der Waals surface area contributed by atoms with Crippen LogP contribution in [0.4, 0.5) is 29.3 Å². The van der Waals surface area contributed by atoms with Gasteiger partial charge in [0.05, 0.1) is 16.9 Å². The molecule has 1 amide bonds. The van der Waals surface area contributed by atoms with Gasteiger partial charge in [0.2, 0.25) is 0 Å². The smallest absolute Gasteiger partial charge is 0.435 e. The van der Waals surface area contributed by atoms with E-state index in [0.29, 0.717) is 36.7 Å². The molecule has 2 heterocycles. The number of piperidine rings is 1. The molecule has 0 radical (unpaired) electrons. The zero-order chi connectivity index (χ0) is 28.2. The van der Waals surface area contributed by atoms with E-state index in [-0.39, 0.29) is 23.9 Å². The number of rotatable bonds is 7. The fourth-order valence-corrected chi connectivity index (χ4v) is 4.63. The van der Waals surface area contributed by atoms with Crippen LogP contribution in [-0.4, -0.2) is 41.2 Å². The molecule has 39 heavy (non-hydrogen) atoms. The lowest BCUT2D eigenvalue weighted by atomic mass is 9.93. The first-order chi connectivity index (χ1) is 18.4. The van der Waals surface area contributed by atoms with E-state index in [4.69, 9.17) is 15.2 Å². The Labute approximate surface area is 226 Å². The van der Waals surface area contributed by atoms with Gasteiger partial charge < -0.3 is 25.4 Å². The van der Waals surface area contributed by atoms with Crippen molar-refractivity contribution in [3.05, 3.63) is 59.8 Å². The largest absolute Gasteiger partial charge is 0.489 e. The third-order valence-corrected chi connectivity index (χ3v) is 6.63. The minimum Gasteiger partial charge on any atom is -0.489 e. The van der Waals surface area contributed by atoms with Crippen molar-refractivity contribution in [2.75, 3.05) is 30.7 Å². The third-order valence-electron chi connectivity index (χ3n) is 6.63. The Morgan fingerprint density at radius 3 is 2.44 bits per heavy atom. The summed E-state index contributed by atoms with van der Waals surface area (Å²) in [7, 11) is 0. The molecule has 1 aromatic heterocycles. The van der Waals surface area contributed by atoms with E-state index in [1.54, 1.807) is 17.0 Å². The van der Waals surface area contributed by atoms with Crippen molar-refractivity contribution < 1.29 is 27.4 Å². The molecule has 7 nitrogen and oxygen atoms in total. The summed E-state index contributed by atoms with van der Waals surface area (Å²) in [5, 5.41) is 3.64. The van der Waals surface area contributed by atoms with E-state index in [1.807, 2.05) is 51.1 Å². The van der Waals surface area contributed by atoms with Gasteiger partial charge in [0.1, 0.15) is 18.0 Å². The van der Waals surface area contributed by atoms with Gasteiger partial charge in [-0.2, -0.15) is 13.2 Å². The number of nitrogens with one attached hydrogen (secondary N) is 1. The summed E-state index contributed by atoms with van der Waals surface area (Å²) in [5.74, 6) is 0.741. The number of nitrogens with zero attached hydrogens (tertiary/aromatic N) is 2. The lowest BCUT2D eigenvalue weighted by Crippen LogP contribution is -2.41. The number of amides is 1. The van der Waals surface area contributed by atoms with Crippen LogP contribution in [0.25, 0.3) is 10.9 Å². The van der Waals surface area contributed by atoms with Gasteiger partial charge in [-0.15, -0.1) is 0 Å². The number of hydrogen-bond acceptors (Lipinski definition) is 6. The maximum Gasteiger partial charge on any atom is 0.435 e. The average molecular weight is 545 g/mol. The van der Waals surface area contributed by atoms with E-state index < -0.39 is 23.2 Å². The second kappa shape index (κ2) is 11.6. The zero-order valence-electron chi connectivity index (χ0n) is 22.5. The van der Waals surface area contributed by atoms with Crippen molar-refractivity contribution in [2.45, 2.75) is 58.4 Å². The van der Waals surface area contributed by atoms with Crippen LogP contribution in [0, 0.1) is 5.92 Å². The first kappa shape index (κ1) is 28.3. The molecule has 4 rings (SSSR count). The minimum atomic E-state index is -4.70. The van der Waals surface area contributed by atoms with Gasteiger partial charge in [-0.3, -0.25) is 0 Å². The molecule has 1 aliphatic heterocycles. The molecule has 0 bridgehead atoms. The molecule has 3 aromatic rings. The SMILES string of the molecule is CC(C)(C)OC(=O)N1CCC(CCNc2c(N)c(C(F)(F)F)nc3cc(OCc4ccccc4)ccc23)CC1.